The van der Waals surface area contributed by atoms with Gasteiger partial charge in [0, 0.05) is 10.5 Å². The van der Waals surface area contributed by atoms with E-state index in [0.717, 1.165) is 35.7 Å². The SMILES string of the molecule is NC1CCC(=Cc2cc(F)cc(Br)c2)CC1. The molecule has 1 aromatic rings. The molecule has 1 saturated carbocycles. The van der Waals surface area contributed by atoms with E-state index in [1.807, 2.05) is 6.07 Å². The fourth-order valence-corrected chi connectivity index (χ4v) is 2.53. The fourth-order valence-electron chi connectivity index (χ4n) is 2.05. The molecular weight excluding hydrogens is 269 g/mol. The Labute approximate surface area is 104 Å². The quantitative estimate of drug-likeness (QED) is 0.832. The topological polar surface area (TPSA) is 26.0 Å². The van der Waals surface area contributed by atoms with Crippen molar-refractivity contribution in [1.82, 2.24) is 0 Å². The summed E-state index contributed by atoms with van der Waals surface area (Å²) in [6.45, 7) is 0. The van der Waals surface area contributed by atoms with Crippen molar-refractivity contribution >= 4 is 22.0 Å². The lowest BCUT2D eigenvalue weighted by Gasteiger charge is -2.20. The van der Waals surface area contributed by atoms with Gasteiger partial charge in [-0.25, -0.2) is 4.39 Å². The van der Waals surface area contributed by atoms with Crippen LogP contribution < -0.4 is 5.73 Å². The largest absolute Gasteiger partial charge is 0.328 e. The average molecular weight is 284 g/mol. The molecule has 2 N–H and O–H groups in total. The molecule has 2 rings (SSSR count). The summed E-state index contributed by atoms with van der Waals surface area (Å²) in [6.07, 6.45) is 6.24. The van der Waals surface area contributed by atoms with Gasteiger partial charge in [0.2, 0.25) is 0 Å². The molecule has 0 spiro atoms. The number of hydrogen-bond donors (Lipinski definition) is 1. The molecule has 0 unspecified atom stereocenters. The van der Waals surface area contributed by atoms with Crippen LogP contribution in [0.2, 0.25) is 0 Å². The van der Waals surface area contributed by atoms with Crippen LogP contribution in [0.15, 0.2) is 28.2 Å². The molecule has 0 aromatic heterocycles. The van der Waals surface area contributed by atoms with Crippen LogP contribution in [0.5, 0.6) is 0 Å². The molecule has 3 heteroatoms. The minimum Gasteiger partial charge on any atom is -0.328 e. The Bertz CT molecular complexity index is 384. The van der Waals surface area contributed by atoms with Gasteiger partial charge in [0.25, 0.3) is 0 Å². The summed E-state index contributed by atoms with van der Waals surface area (Å²) < 4.78 is 13.9. The summed E-state index contributed by atoms with van der Waals surface area (Å²) in [5.41, 5.74) is 8.15. The van der Waals surface area contributed by atoms with Crippen LogP contribution in [0.4, 0.5) is 4.39 Å². The van der Waals surface area contributed by atoms with Crippen molar-refractivity contribution in [3.63, 3.8) is 0 Å². The Kier molecular flexibility index (Phi) is 3.77. The van der Waals surface area contributed by atoms with Crippen LogP contribution in [-0.4, -0.2) is 6.04 Å². The van der Waals surface area contributed by atoms with Gasteiger partial charge in [0.05, 0.1) is 0 Å². The van der Waals surface area contributed by atoms with E-state index in [9.17, 15) is 4.39 Å². The molecule has 86 valence electrons. The molecule has 1 nitrogen and oxygen atoms in total. The van der Waals surface area contributed by atoms with Gasteiger partial charge in [-0.15, -0.1) is 0 Å². The number of allylic oxidation sites excluding steroid dienone is 1. The second kappa shape index (κ2) is 5.11. The second-order valence-electron chi connectivity index (χ2n) is 4.34. The van der Waals surface area contributed by atoms with E-state index in [2.05, 4.69) is 22.0 Å². The number of nitrogens with two attached hydrogens (primary N) is 1. The van der Waals surface area contributed by atoms with Crippen LogP contribution in [0, 0.1) is 5.82 Å². The van der Waals surface area contributed by atoms with Gasteiger partial charge in [-0.3, -0.25) is 0 Å². The summed E-state index contributed by atoms with van der Waals surface area (Å²) in [4.78, 5) is 0. The number of halogens is 2. The van der Waals surface area contributed by atoms with Crippen molar-refractivity contribution in [2.75, 3.05) is 0 Å². The Morgan fingerprint density at radius 1 is 1.25 bits per heavy atom. The Hall–Kier alpha value is -0.670. The minimum atomic E-state index is -0.200. The zero-order chi connectivity index (χ0) is 11.5. The van der Waals surface area contributed by atoms with Gasteiger partial charge in [0.1, 0.15) is 5.82 Å². The van der Waals surface area contributed by atoms with E-state index in [1.54, 1.807) is 6.07 Å². The molecule has 1 aliphatic carbocycles. The molecule has 0 saturated heterocycles. The summed E-state index contributed by atoms with van der Waals surface area (Å²) >= 11 is 3.30. The van der Waals surface area contributed by atoms with Crippen molar-refractivity contribution < 1.29 is 4.39 Å². The summed E-state index contributed by atoms with van der Waals surface area (Å²) in [6, 6.07) is 5.31. The standard InChI is InChI=1S/C13H15BrFN/c14-11-6-10(7-12(15)8-11)5-9-1-3-13(16)4-2-9/h5-8,13H,1-4,16H2. The van der Waals surface area contributed by atoms with Crippen LogP contribution >= 0.6 is 15.9 Å². The molecule has 0 aliphatic heterocycles. The molecule has 0 heterocycles. The van der Waals surface area contributed by atoms with Gasteiger partial charge in [-0.05, 0) is 49.4 Å². The average Bonchev–Trinajstić information content (AvgIpc) is 2.20. The maximum atomic E-state index is 13.2. The predicted molar refractivity (Wildman–Crippen MR) is 68.5 cm³/mol. The van der Waals surface area contributed by atoms with E-state index in [-0.39, 0.29) is 5.82 Å². The molecule has 0 radical (unpaired) electrons. The lowest BCUT2D eigenvalue weighted by Crippen LogP contribution is -2.23. The van der Waals surface area contributed by atoms with Crippen molar-refractivity contribution in [2.45, 2.75) is 31.7 Å². The molecule has 0 atom stereocenters. The summed E-state index contributed by atoms with van der Waals surface area (Å²) in [5.74, 6) is -0.200. The third-order valence-electron chi connectivity index (χ3n) is 2.93. The van der Waals surface area contributed by atoms with E-state index >= 15 is 0 Å². The van der Waals surface area contributed by atoms with Gasteiger partial charge >= 0.3 is 0 Å². The number of rotatable bonds is 1. The molecule has 1 aromatic carbocycles. The van der Waals surface area contributed by atoms with Crippen molar-refractivity contribution in [3.8, 4) is 0 Å². The predicted octanol–water partition coefficient (Wildman–Crippen LogP) is 3.87. The van der Waals surface area contributed by atoms with Crippen LogP contribution in [0.1, 0.15) is 31.2 Å². The van der Waals surface area contributed by atoms with E-state index in [4.69, 9.17) is 5.73 Å². The Balaban J connectivity index is 2.16. The zero-order valence-electron chi connectivity index (χ0n) is 9.05. The van der Waals surface area contributed by atoms with Crippen molar-refractivity contribution in [1.29, 1.82) is 0 Å². The highest BCUT2D eigenvalue weighted by Gasteiger charge is 2.12. The fraction of sp³-hybridized carbons (Fsp3) is 0.385. The lowest BCUT2D eigenvalue weighted by atomic mass is 9.90. The highest BCUT2D eigenvalue weighted by molar-refractivity contribution is 9.10. The van der Waals surface area contributed by atoms with Gasteiger partial charge < -0.3 is 5.73 Å². The van der Waals surface area contributed by atoms with Gasteiger partial charge in [-0.1, -0.05) is 27.6 Å². The normalized spacial score (nSPS) is 20.9. The zero-order valence-corrected chi connectivity index (χ0v) is 10.6. The highest BCUT2D eigenvalue weighted by atomic mass is 79.9. The van der Waals surface area contributed by atoms with Crippen molar-refractivity contribution in [3.05, 3.63) is 39.6 Å². The van der Waals surface area contributed by atoms with Crippen LogP contribution in [0.3, 0.4) is 0 Å². The first-order valence-corrected chi connectivity index (χ1v) is 6.34. The van der Waals surface area contributed by atoms with Gasteiger partial charge in [-0.2, -0.15) is 0 Å². The third kappa shape index (κ3) is 3.16. The molecule has 0 amide bonds. The molecular formula is C13H15BrFN. The smallest absolute Gasteiger partial charge is 0.124 e. The maximum Gasteiger partial charge on any atom is 0.124 e. The number of hydrogen-bond acceptors (Lipinski definition) is 1. The first-order valence-electron chi connectivity index (χ1n) is 5.54. The van der Waals surface area contributed by atoms with Crippen LogP contribution in [0.25, 0.3) is 6.08 Å². The van der Waals surface area contributed by atoms with Gasteiger partial charge in [0.15, 0.2) is 0 Å². The third-order valence-corrected chi connectivity index (χ3v) is 3.39. The van der Waals surface area contributed by atoms with Crippen molar-refractivity contribution in [2.24, 2.45) is 5.73 Å². The Morgan fingerprint density at radius 2 is 1.94 bits per heavy atom. The highest BCUT2D eigenvalue weighted by Crippen LogP contribution is 2.25. The summed E-state index contributed by atoms with van der Waals surface area (Å²) in [7, 11) is 0. The van der Waals surface area contributed by atoms with E-state index in [1.165, 1.54) is 11.6 Å². The maximum absolute atomic E-state index is 13.2. The molecule has 0 bridgehead atoms. The molecule has 1 aliphatic rings. The number of benzene rings is 1. The monoisotopic (exact) mass is 283 g/mol. The Morgan fingerprint density at radius 3 is 2.56 bits per heavy atom. The van der Waals surface area contributed by atoms with E-state index in [0.29, 0.717) is 6.04 Å². The summed E-state index contributed by atoms with van der Waals surface area (Å²) in [5, 5.41) is 0. The second-order valence-corrected chi connectivity index (χ2v) is 5.26. The first-order chi connectivity index (χ1) is 7.63. The molecule has 16 heavy (non-hydrogen) atoms. The lowest BCUT2D eigenvalue weighted by molar-refractivity contribution is 0.514. The minimum absolute atomic E-state index is 0.200. The molecule has 1 fully saturated rings. The van der Waals surface area contributed by atoms with Crippen LogP contribution in [-0.2, 0) is 0 Å². The van der Waals surface area contributed by atoms with E-state index < -0.39 is 0 Å². The first kappa shape index (κ1) is 11.8.